The Kier molecular flexibility index (Phi) is 4.28. The molecule has 5 heteroatoms. The number of aromatic nitrogens is 2. The molecule has 0 unspecified atom stereocenters. The van der Waals surface area contributed by atoms with Crippen LogP contribution in [0.25, 0.3) is 0 Å². The van der Waals surface area contributed by atoms with E-state index >= 15 is 0 Å². The van der Waals surface area contributed by atoms with E-state index in [1.165, 1.54) is 18.7 Å². The summed E-state index contributed by atoms with van der Waals surface area (Å²) in [6.07, 6.45) is 8.67. The van der Waals surface area contributed by atoms with Crippen LogP contribution >= 0.6 is 0 Å². The number of H-pyrrole nitrogens is 1. The van der Waals surface area contributed by atoms with Crippen LogP contribution in [0.15, 0.2) is 28.7 Å². The second-order valence-corrected chi connectivity index (χ2v) is 4.39. The maximum absolute atomic E-state index is 11.9. The molecule has 1 aliphatic rings. The van der Waals surface area contributed by atoms with Gasteiger partial charge in [0, 0.05) is 17.8 Å². The summed E-state index contributed by atoms with van der Waals surface area (Å²) in [5, 5.41) is 2.78. The molecule has 0 aromatic carbocycles. The molecule has 0 aliphatic heterocycles. The topological polar surface area (TPSA) is 74.8 Å². The van der Waals surface area contributed by atoms with Crippen molar-refractivity contribution in [2.24, 2.45) is 0 Å². The SMILES string of the molecule is O=C(NCc1nccc(=O)[nH]1)C1=CCCCCC1. The van der Waals surface area contributed by atoms with Gasteiger partial charge in [-0.3, -0.25) is 9.59 Å². The van der Waals surface area contributed by atoms with Gasteiger partial charge in [0.15, 0.2) is 0 Å². The van der Waals surface area contributed by atoms with Crippen LogP contribution in [-0.2, 0) is 11.3 Å². The third kappa shape index (κ3) is 3.55. The van der Waals surface area contributed by atoms with Crippen molar-refractivity contribution in [3.8, 4) is 0 Å². The molecule has 2 rings (SSSR count). The lowest BCUT2D eigenvalue weighted by Gasteiger charge is -2.06. The van der Waals surface area contributed by atoms with E-state index in [0.717, 1.165) is 31.3 Å². The van der Waals surface area contributed by atoms with Crippen LogP contribution in [0.2, 0.25) is 0 Å². The van der Waals surface area contributed by atoms with Crippen molar-refractivity contribution in [2.75, 3.05) is 0 Å². The highest BCUT2D eigenvalue weighted by Gasteiger charge is 2.11. The maximum atomic E-state index is 11.9. The minimum absolute atomic E-state index is 0.0524. The number of carbonyl (C=O) groups excluding carboxylic acids is 1. The average Bonchev–Trinajstić information content (AvgIpc) is 2.65. The first-order chi connectivity index (χ1) is 8.75. The van der Waals surface area contributed by atoms with Crippen molar-refractivity contribution in [3.05, 3.63) is 40.1 Å². The zero-order chi connectivity index (χ0) is 12.8. The fourth-order valence-electron chi connectivity index (χ4n) is 2.00. The van der Waals surface area contributed by atoms with Crippen molar-refractivity contribution in [2.45, 2.75) is 38.6 Å². The number of rotatable bonds is 3. The van der Waals surface area contributed by atoms with Gasteiger partial charge < -0.3 is 10.3 Å². The van der Waals surface area contributed by atoms with Gasteiger partial charge >= 0.3 is 0 Å². The minimum Gasteiger partial charge on any atom is -0.345 e. The van der Waals surface area contributed by atoms with Crippen LogP contribution in [0, 0.1) is 0 Å². The molecule has 1 aromatic rings. The smallest absolute Gasteiger partial charge is 0.250 e. The lowest BCUT2D eigenvalue weighted by Crippen LogP contribution is -2.26. The number of hydrogen-bond acceptors (Lipinski definition) is 3. The summed E-state index contributed by atoms with van der Waals surface area (Å²) >= 11 is 0. The third-order valence-corrected chi connectivity index (χ3v) is 2.97. The summed E-state index contributed by atoms with van der Waals surface area (Å²) in [5.41, 5.74) is 0.647. The molecule has 1 heterocycles. The van der Waals surface area contributed by atoms with Crippen molar-refractivity contribution < 1.29 is 4.79 Å². The van der Waals surface area contributed by atoms with Gasteiger partial charge in [-0.2, -0.15) is 0 Å². The zero-order valence-corrected chi connectivity index (χ0v) is 10.2. The Balaban J connectivity index is 1.91. The lowest BCUT2D eigenvalue weighted by molar-refractivity contribution is -0.117. The van der Waals surface area contributed by atoms with E-state index in [2.05, 4.69) is 15.3 Å². The van der Waals surface area contributed by atoms with Gasteiger partial charge in [-0.05, 0) is 25.7 Å². The third-order valence-electron chi connectivity index (χ3n) is 2.97. The highest BCUT2D eigenvalue weighted by atomic mass is 16.1. The van der Waals surface area contributed by atoms with E-state index < -0.39 is 0 Å². The molecule has 0 atom stereocenters. The molecule has 0 saturated carbocycles. The highest BCUT2D eigenvalue weighted by molar-refractivity contribution is 5.93. The maximum Gasteiger partial charge on any atom is 0.250 e. The molecule has 0 radical (unpaired) electrons. The number of allylic oxidation sites excluding steroid dienone is 1. The number of hydrogen-bond donors (Lipinski definition) is 2. The Morgan fingerprint density at radius 2 is 2.28 bits per heavy atom. The summed E-state index contributed by atoms with van der Waals surface area (Å²) in [5.74, 6) is 0.425. The van der Waals surface area contributed by atoms with E-state index in [1.807, 2.05) is 6.08 Å². The first kappa shape index (κ1) is 12.5. The van der Waals surface area contributed by atoms with Gasteiger partial charge in [0.2, 0.25) is 5.91 Å². The van der Waals surface area contributed by atoms with Gasteiger partial charge in [-0.15, -0.1) is 0 Å². The molecule has 0 bridgehead atoms. The van der Waals surface area contributed by atoms with Crippen LogP contribution in [-0.4, -0.2) is 15.9 Å². The van der Waals surface area contributed by atoms with E-state index in [4.69, 9.17) is 0 Å². The number of carbonyl (C=O) groups is 1. The number of nitrogens with zero attached hydrogens (tertiary/aromatic N) is 1. The minimum atomic E-state index is -0.206. The number of amides is 1. The van der Waals surface area contributed by atoms with E-state index in [1.54, 1.807) is 0 Å². The molecule has 0 spiro atoms. The molecule has 0 fully saturated rings. The van der Waals surface area contributed by atoms with Crippen LogP contribution in [0.5, 0.6) is 0 Å². The van der Waals surface area contributed by atoms with Crippen LogP contribution in [0.3, 0.4) is 0 Å². The molecule has 5 nitrogen and oxygen atoms in total. The van der Waals surface area contributed by atoms with Gasteiger partial charge in [0.25, 0.3) is 5.56 Å². The molecule has 1 aliphatic carbocycles. The number of aromatic amines is 1. The van der Waals surface area contributed by atoms with Crippen LogP contribution < -0.4 is 10.9 Å². The molecular weight excluding hydrogens is 230 g/mol. The Morgan fingerprint density at radius 3 is 3.11 bits per heavy atom. The average molecular weight is 247 g/mol. The summed E-state index contributed by atoms with van der Waals surface area (Å²) < 4.78 is 0. The molecule has 2 N–H and O–H groups in total. The molecule has 96 valence electrons. The second kappa shape index (κ2) is 6.14. The lowest BCUT2D eigenvalue weighted by atomic mass is 10.1. The predicted molar refractivity (Wildman–Crippen MR) is 67.9 cm³/mol. The highest BCUT2D eigenvalue weighted by Crippen LogP contribution is 2.16. The van der Waals surface area contributed by atoms with Crippen molar-refractivity contribution in [1.82, 2.24) is 15.3 Å². The van der Waals surface area contributed by atoms with Crippen molar-refractivity contribution >= 4 is 5.91 Å². The summed E-state index contributed by atoms with van der Waals surface area (Å²) in [6, 6.07) is 1.35. The summed E-state index contributed by atoms with van der Waals surface area (Å²) in [4.78, 5) is 29.5. The van der Waals surface area contributed by atoms with Crippen molar-refractivity contribution in [3.63, 3.8) is 0 Å². The standard InChI is InChI=1S/C13H17N3O2/c17-12-7-8-14-11(16-12)9-15-13(18)10-5-3-1-2-4-6-10/h5,7-8H,1-4,6,9H2,(H,15,18)(H,14,16,17). The summed E-state index contributed by atoms with van der Waals surface area (Å²) in [6.45, 7) is 0.256. The second-order valence-electron chi connectivity index (χ2n) is 4.39. The van der Waals surface area contributed by atoms with Crippen LogP contribution in [0.4, 0.5) is 0 Å². The van der Waals surface area contributed by atoms with Gasteiger partial charge in [-0.1, -0.05) is 12.5 Å². The molecule has 18 heavy (non-hydrogen) atoms. The van der Waals surface area contributed by atoms with Crippen molar-refractivity contribution in [1.29, 1.82) is 0 Å². The monoisotopic (exact) mass is 247 g/mol. The van der Waals surface area contributed by atoms with Gasteiger partial charge in [0.05, 0.1) is 6.54 Å². The Hall–Kier alpha value is -1.91. The Morgan fingerprint density at radius 1 is 1.39 bits per heavy atom. The molecule has 1 amide bonds. The molecule has 0 saturated heterocycles. The fourth-order valence-corrected chi connectivity index (χ4v) is 2.00. The normalized spacial score (nSPS) is 15.7. The van der Waals surface area contributed by atoms with E-state index in [-0.39, 0.29) is 18.0 Å². The molecule has 1 aromatic heterocycles. The summed E-state index contributed by atoms with van der Waals surface area (Å²) in [7, 11) is 0. The van der Waals surface area contributed by atoms with E-state index in [9.17, 15) is 9.59 Å². The van der Waals surface area contributed by atoms with Gasteiger partial charge in [-0.25, -0.2) is 4.98 Å². The van der Waals surface area contributed by atoms with Crippen LogP contribution in [0.1, 0.15) is 37.9 Å². The Bertz CT molecular complexity index is 505. The van der Waals surface area contributed by atoms with Gasteiger partial charge in [0.1, 0.15) is 5.82 Å². The quantitative estimate of drug-likeness (QED) is 0.844. The Labute approximate surface area is 105 Å². The zero-order valence-electron chi connectivity index (χ0n) is 10.2. The number of nitrogens with one attached hydrogen (secondary N) is 2. The molecular formula is C13H17N3O2. The fraction of sp³-hybridized carbons (Fsp3) is 0.462. The largest absolute Gasteiger partial charge is 0.345 e. The first-order valence-corrected chi connectivity index (χ1v) is 6.27. The van der Waals surface area contributed by atoms with E-state index in [0.29, 0.717) is 5.82 Å². The predicted octanol–water partition coefficient (Wildman–Crippen LogP) is 1.28. The first-order valence-electron chi connectivity index (χ1n) is 6.27.